The summed E-state index contributed by atoms with van der Waals surface area (Å²) in [4.78, 5) is 12.4. The van der Waals surface area contributed by atoms with Crippen molar-refractivity contribution in [1.82, 2.24) is 9.78 Å². The van der Waals surface area contributed by atoms with Crippen molar-refractivity contribution in [1.29, 1.82) is 5.26 Å². The third kappa shape index (κ3) is 4.59. The summed E-state index contributed by atoms with van der Waals surface area (Å²) in [7, 11) is 0. The number of nitrogens with zero attached hydrogens (tertiary/aromatic N) is 3. The van der Waals surface area contributed by atoms with Crippen molar-refractivity contribution in [2.75, 3.05) is 5.32 Å². The lowest BCUT2D eigenvalue weighted by atomic mass is 10.1. The van der Waals surface area contributed by atoms with Crippen LogP contribution in [0, 0.1) is 24.2 Å². The Bertz CT molecular complexity index is 910. The summed E-state index contributed by atoms with van der Waals surface area (Å²) in [5, 5.41) is 17.2. The number of halogens is 3. The Balaban J connectivity index is 2.33. The predicted octanol–water partition coefficient (Wildman–Crippen LogP) is 5.35. The van der Waals surface area contributed by atoms with Gasteiger partial charge in [0, 0.05) is 12.1 Å². The molecule has 1 aromatic carbocycles. The minimum atomic E-state index is -0.608. The molecule has 1 aromatic heterocycles. The number of hydrogen-bond donors (Lipinski definition) is 1. The van der Waals surface area contributed by atoms with Crippen LogP contribution in [0.5, 0.6) is 0 Å². The quantitative estimate of drug-likeness (QED) is 0.532. The molecule has 0 fully saturated rings. The van der Waals surface area contributed by atoms with Gasteiger partial charge in [0.05, 0.1) is 21.4 Å². The van der Waals surface area contributed by atoms with Gasteiger partial charge in [0.25, 0.3) is 5.91 Å². The van der Waals surface area contributed by atoms with Crippen LogP contribution in [-0.4, -0.2) is 15.7 Å². The average molecular weight is 412 g/mol. The summed E-state index contributed by atoms with van der Waals surface area (Å²) >= 11 is 18.4. The molecule has 0 unspecified atom stereocenters. The largest absolute Gasteiger partial charge is 0.320 e. The van der Waals surface area contributed by atoms with E-state index in [1.807, 2.05) is 19.9 Å². The lowest BCUT2D eigenvalue weighted by Gasteiger charge is -2.07. The van der Waals surface area contributed by atoms with Gasteiger partial charge in [-0.15, -0.1) is 0 Å². The van der Waals surface area contributed by atoms with Crippen LogP contribution in [0.2, 0.25) is 15.2 Å². The molecule has 0 saturated carbocycles. The SMILES string of the molecule is Cc1nn(CC(C)C)c(Cl)c1/C=C(\C#N)C(=O)Nc1cccc(Cl)c1Cl. The topological polar surface area (TPSA) is 70.7 Å². The first-order valence-corrected chi connectivity index (χ1v) is 8.98. The van der Waals surface area contributed by atoms with Crippen molar-refractivity contribution in [2.45, 2.75) is 27.3 Å². The van der Waals surface area contributed by atoms with Gasteiger partial charge in [-0.2, -0.15) is 10.4 Å². The minimum Gasteiger partial charge on any atom is -0.320 e. The van der Waals surface area contributed by atoms with Gasteiger partial charge in [-0.3, -0.25) is 9.48 Å². The number of aryl methyl sites for hydroxylation is 1. The second-order valence-corrected chi connectivity index (χ2v) is 7.23. The van der Waals surface area contributed by atoms with E-state index >= 15 is 0 Å². The van der Waals surface area contributed by atoms with E-state index in [2.05, 4.69) is 10.4 Å². The second-order valence-electron chi connectivity index (χ2n) is 6.09. The molecule has 0 aliphatic rings. The molecule has 2 rings (SSSR count). The van der Waals surface area contributed by atoms with Crippen LogP contribution in [0.4, 0.5) is 5.69 Å². The van der Waals surface area contributed by atoms with Crippen LogP contribution in [0.15, 0.2) is 23.8 Å². The lowest BCUT2D eigenvalue weighted by Crippen LogP contribution is -2.13. The molecular formula is C18H17Cl3N4O. The lowest BCUT2D eigenvalue weighted by molar-refractivity contribution is -0.112. The van der Waals surface area contributed by atoms with Crippen LogP contribution >= 0.6 is 34.8 Å². The first kappa shape index (κ1) is 20.3. The Morgan fingerprint density at radius 2 is 2.08 bits per heavy atom. The molecule has 1 amide bonds. The van der Waals surface area contributed by atoms with Crippen LogP contribution in [0.1, 0.15) is 25.1 Å². The molecular weight excluding hydrogens is 395 g/mol. The molecule has 5 nitrogen and oxygen atoms in total. The Labute approximate surface area is 167 Å². The first-order valence-electron chi connectivity index (χ1n) is 7.84. The van der Waals surface area contributed by atoms with Crippen molar-refractivity contribution in [3.8, 4) is 6.07 Å². The molecule has 136 valence electrons. The Hall–Kier alpha value is -2.00. The number of aromatic nitrogens is 2. The van der Waals surface area contributed by atoms with Crippen LogP contribution in [0.3, 0.4) is 0 Å². The highest BCUT2D eigenvalue weighted by atomic mass is 35.5. The maximum Gasteiger partial charge on any atom is 0.266 e. The number of benzene rings is 1. The second kappa shape index (κ2) is 8.59. The maximum atomic E-state index is 12.4. The summed E-state index contributed by atoms with van der Waals surface area (Å²) in [6, 6.07) is 6.74. The third-order valence-electron chi connectivity index (χ3n) is 3.50. The van der Waals surface area contributed by atoms with Gasteiger partial charge in [-0.25, -0.2) is 0 Å². The van der Waals surface area contributed by atoms with Gasteiger partial charge in [0.15, 0.2) is 0 Å². The standard InChI is InChI=1S/C18H17Cl3N4O/c1-10(2)9-25-17(21)13(11(3)24-25)7-12(8-22)18(26)23-15-6-4-5-14(19)16(15)20/h4-7,10H,9H2,1-3H3,(H,23,26)/b12-7+. The van der Waals surface area contributed by atoms with E-state index in [0.717, 1.165) is 0 Å². The number of carbonyl (C=O) groups excluding carboxylic acids is 1. The summed E-state index contributed by atoms with van der Waals surface area (Å²) in [6.45, 7) is 6.51. The minimum absolute atomic E-state index is 0.116. The van der Waals surface area contributed by atoms with Gasteiger partial charge < -0.3 is 5.32 Å². The van der Waals surface area contributed by atoms with Crippen molar-refractivity contribution in [3.63, 3.8) is 0 Å². The molecule has 8 heteroatoms. The molecule has 0 radical (unpaired) electrons. The van der Waals surface area contributed by atoms with Gasteiger partial charge in [0.1, 0.15) is 16.8 Å². The zero-order valence-corrected chi connectivity index (χ0v) is 16.7. The van der Waals surface area contributed by atoms with Gasteiger partial charge in [0.2, 0.25) is 0 Å². The van der Waals surface area contributed by atoms with E-state index in [0.29, 0.717) is 39.6 Å². The highest BCUT2D eigenvalue weighted by Crippen LogP contribution is 2.30. The summed E-state index contributed by atoms with van der Waals surface area (Å²) in [5.41, 5.74) is 1.38. The van der Waals surface area contributed by atoms with E-state index in [9.17, 15) is 10.1 Å². The van der Waals surface area contributed by atoms with Crippen molar-refractivity contribution >= 4 is 52.5 Å². The molecule has 1 heterocycles. The highest BCUT2D eigenvalue weighted by Gasteiger charge is 2.17. The van der Waals surface area contributed by atoms with E-state index in [-0.39, 0.29) is 10.6 Å². The van der Waals surface area contributed by atoms with Gasteiger partial charge >= 0.3 is 0 Å². The first-order chi connectivity index (χ1) is 12.2. The number of carbonyl (C=O) groups is 1. The molecule has 0 spiro atoms. The highest BCUT2D eigenvalue weighted by molar-refractivity contribution is 6.44. The molecule has 26 heavy (non-hydrogen) atoms. The molecule has 0 atom stereocenters. The van der Waals surface area contributed by atoms with Gasteiger partial charge in [-0.05, 0) is 31.1 Å². The molecule has 0 aliphatic carbocycles. The number of amides is 1. The zero-order chi connectivity index (χ0) is 19.4. The molecule has 0 saturated heterocycles. The number of anilines is 1. The van der Waals surface area contributed by atoms with Crippen molar-refractivity contribution < 1.29 is 4.79 Å². The Morgan fingerprint density at radius 3 is 2.69 bits per heavy atom. The summed E-state index contributed by atoms with van der Waals surface area (Å²) < 4.78 is 1.66. The van der Waals surface area contributed by atoms with Crippen LogP contribution in [0.25, 0.3) is 6.08 Å². The smallest absolute Gasteiger partial charge is 0.266 e. The number of nitrogens with one attached hydrogen (secondary N) is 1. The molecule has 0 bridgehead atoms. The van der Waals surface area contributed by atoms with Crippen LogP contribution in [-0.2, 0) is 11.3 Å². The number of hydrogen-bond acceptors (Lipinski definition) is 3. The van der Waals surface area contributed by atoms with Crippen molar-refractivity contribution in [2.24, 2.45) is 5.92 Å². The molecule has 2 aromatic rings. The van der Waals surface area contributed by atoms with Crippen molar-refractivity contribution in [3.05, 3.63) is 50.2 Å². The normalized spacial score (nSPS) is 11.5. The Kier molecular flexibility index (Phi) is 6.71. The predicted molar refractivity (Wildman–Crippen MR) is 105 cm³/mol. The van der Waals surface area contributed by atoms with E-state index in [1.54, 1.807) is 29.8 Å². The average Bonchev–Trinajstić information content (AvgIpc) is 2.82. The van der Waals surface area contributed by atoms with E-state index < -0.39 is 5.91 Å². The molecule has 0 aliphatic heterocycles. The van der Waals surface area contributed by atoms with Crippen LogP contribution < -0.4 is 5.32 Å². The zero-order valence-electron chi connectivity index (χ0n) is 14.5. The Morgan fingerprint density at radius 1 is 1.38 bits per heavy atom. The summed E-state index contributed by atoms with van der Waals surface area (Å²) in [5.74, 6) is -0.254. The summed E-state index contributed by atoms with van der Waals surface area (Å²) in [6.07, 6.45) is 1.43. The maximum absolute atomic E-state index is 12.4. The molecule has 1 N–H and O–H groups in total. The fourth-order valence-corrected chi connectivity index (χ4v) is 2.93. The number of rotatable bonds is 5. The number of nitriles is 1. The third-order valence-corrected chi connectivity index (χ3v) is 4.72. The van der Waals surface area contributed by atoms with E-state index in [4.69, 9.17) is 34.8 Å². The van der Waals surface area contributed by atoms with E-state index in [1.165, 1.54) is 6.08 Å². The van der Waals surface area contributed by atoms with Gasteiger partial charge in [-0.1, -0.05) is 54.7 Å². The fourth-order valence-electron chi connectivity index (χ4n) is 2.28. The monoisotopic (exact) mass is 410 g/mol. The fraction of sp³-hybridized carbons (Fsp3) is 0.278.